The first-order valence-corrected chi connectivity index (χ1v) is 6.55. The molecule has 0 saturated carbocycles. The molecule has 0 radical (unpaired) electrons. The molecule has 17 heavy (non-hydrogen) atoms. The Morgan fingerprint density at radius 3 is 3.12 bits per heavy atom. The summed E-state index contributed by atoms with van der Waals surface area (Å²) in [6, 6.07) is 3.91. The van der Waals surface area contributed by atoms with E-state index in [0.29, 0.717) is 0 Å². The summed E-state index contributed by atoms with van der Waals surface area (Å²) in [5, 5.41) is 6.27. The Hall–Kier alpha value is -1.17. The minimum atomic E-state index is 0.0739. The first-order chi connectivity index (χ1) is 8.33. The Morgan fingerprint density at radius 2 is 2.41 bits per heavy atom. The van der Waals surface area contributed by atoms with Crippen LogP contribution in [0.3, 0.4) is 0 Å². The molecule has 0 bridgehead atoms. The Balaban J connectivity index is 1.82. The quantitative estimate of drug-likeness (QED) is 0.889. The van der Waals surface area contributed by atoms with Gasteiger partial charge in [-0.2, -0.15) is 0 Å². The van der Waals surface area contributed by atoms with E-state index in [9.17, 15) is 0 Å². The minimum Gasteiger partial charge on any atom is -0.459 e. The van der Waals surface area contributed by atoms with Crippen LogP contribution < -0.4 is 5.32 Å². The molecule has 2 aromatic rings. The number of furan rings is 1. The van der Waals surface area contributed by atoms with Gasteiger partial charge in [-0.15, -0.1) is 11.3 Å². The van der Waals surface area contributed by atoms with Gasteiger partial charge >= 0.3 is 0 Å². The van der Waals surface area contributed by atoms with Crippen molar-refractivity contribution in [1.29, 1.82) is 0 Å². The maximum absolute atomic E-state index is 5.67. The molecule has 1 aliphatic rings. The lowest BCUT2D eigenvalue weighted by Gasteiger charge is -2.21. The van der Waals surface area contributed by atoms with Crippen LogP contribution in [0.25, 0.3) is 10.8 Å². The zero-order chi connectivity index (χ0) is 11.7. The number of nitrogens with one attached hydrogen (secondary N) is 1. The summed E-state index contributed by atoms with van der Waals surface area (Å²) in [6.45, 7) is 4.44. The van der Waals surface area contributed by atoms with Gasteiger partial charge in [0.15, 0.2) is 10.8 Å². The zero-order valence-corrected chi connectivity index (χ0v) is 10.4. The van der Waals surface area contributed by atoms with E-state index in [0.717, 1.165) is 41.9 Å². The van der Waals surface area contributed by atoms with Crippen molar-refractivity contribution in [2.45, 2.75) is 13.0 Å². The summed E-state index contributed by atoms with van der Waals surface area (Å²) in [5.74, 6) is 1.75. The maximum Gasteiger partial charge on any atom is 0.162 e. The monoisotopic (exact) mass is 250 g/mol. The van der Waals surface area contributed by atoms with Crippen molar-refractivity contribution in [3.63, 3.8) is 0 Å². The summed E-state index contributed by atoms with van der Waals surface area (Å²) in [5.41, 5.74) is 0.992. The third kappa shape index (κ3) is 2.26. The first-order valence-electron chi connectivity index (χ1n) is 5.67. The molecule has 1 N–H and O–H groups in total. The standard InChI is InChI=1S/C12H14N2O2S/c1-8-2-3-10(16-8)12-14-9(7-17-12)11-6-13-4-5-15-11/h2-3,7,11,13H,4-6H2,1H3. The van der Waals surface area contributed by atoms with E-state index in [2.05, 4.69) is 10.3 Å². The highest BCUT2D eigenvalue weighted by molar-refractivity contribution is 7.13. The molecule has 90 valence electrons. The molecule has 0 aliphatic carbocycles. The summed E-state index contributed by atoms with van der Waals surface area (Å²) in [4.78, 5) is 4.58. The molecule has 0 spiro atoms. The smallest absolute Gasteiger partial charge is 0.162 e. The van der Waals surface area contributed by atoms with Crippen molar-refractivity contribution in [3.8, 4) is 10.8 Å². The van der Waals surface area contributed by atoms with Crippen molar-refractivity contribution in [3.05, 3.63) is 29.0 Å². The topological polar surface area (TPSA) is 47.3 Å². The molecule has 1 fully saturated rings. The fraction of sp³-hybridized carbons (Fsp3) is 0.417. The highest BCUT2D eigenvalue weighted by atomic mass is 32.1. The van der Waals surface area contributed by atoms with Gasteiger partial charge in [-0.25, -0.2) is 4.98 Å². The lowest BCUT2D eigenvalue weighted by atomic mass is 10.2. The van der Waals surface area contributed by atoms with E-state index in [1.165, 1.54) is 0 Å². The van der Waals surface area contributed by atoms with Gasteiger partial charge in [0.1, 0.15) is 11.9 Å². The van der Waals surface area contributed by atoms with Gasteiger partial charge in [-0.3, -0.25) is 0 Å². The van der Waals surface area contributed by atoms with E-state index in [1.807, 2.05) is 24.4 Å². The van der Waals surface area contributed by atoms with Crippen LogP contribution in [0.2, 0.25) is 0 Å². The number of ether oxygens (including phenoxy) is 1. The molecule has 2 aromatic heterocycles. The van der Waals surface area contributed by atoms with Crippen molar-refractivity contribution in [1.82, 2.24) is 10.3 Å². The first kappa shape index (κ1) is 11.0. The molecule has 1 aliphatic heterocycles. The average Bonchev–Trinajstić information content (AvgIpc) is 2.98. The number of nitrogens with zero attached hydrogens (tertiary/aromatic N) is 1. The SMILES string of the molecule is Cc1ccc(-c2nc(C3CNCCO3)cs2)o1. The molecule has 1 unspecified atom stereocenters. The molecular weight excluding hydrogens is 236 g/mol. The van der Waals surface area contributed by atoms with Gasteiger partial charge in [-0.1, -0.05) is 0 Å². The summed E-state index contributed by atoms with van der Waals surface area (Å²) in [7, 11) is 0. The number of aryl methyl sites for hydroxylation is 1. The van der Waals surface area contributed by atoms with Crippen LogP contribution in [-0.4, -0.2) is 24.7 Å². The van der Waals surface area contributed by atoms with Crippen molar-refractivity contribution < 1.29 is 9.15 Å². The van der Waals surface area contributed by atoms with Gasteiger partial charge in [0.25, 0.3) is 0 Å². The Morgan fingerprint density at radius 1 is 1.47 bits per heavy atom. The van der Waals surface area contributed by atoms with Gasteiger partial charge in [0, 0.05) is 18.5 Å². The minimum absolute atomic E-state index is 0.0739. The van der Waals surface area contributed by atoms with Gasteiger partial charge in [-0.05, 0) is 19.1 Å². The van der Waals surface area contributed by atoms with Crippen LogP contribution in [0.5, 0.6) is 0 Å². The van der Waals surface area contributed by atoms with E-state index >= 15 is 0 Å². The zero-order valence-electron chi connectivity index (χ0n) is 9.60. The number of thiazole rings is 1. The number of morpholine rings is 1. The molecule has 0 amide bonds. The largest absolute Gasteiger partial charge is 0.459 e. The second-order valence-corrected chi connectivity index (χ2v) is 4.91. The highest BCUT2D eigenvalue weighted by Crippen LogP contribution is 2.29. The van der Waals surface area contributed by atoms with E-state index in [4.69, 9.17) is 9.15 Å². The number of hydrogen-bond donors (Lipinski definition) is 1. The van der Waals surface area contributed by atoms with Crippen LogP contribution in [-0.2, 0) is 4.74 Å². The maximum atomic E-state index is 5.67. The van der Waals surface area contributed by atoms with E-state index in [-0.39, 0.29) is 6.10 Å². The molecule has 4 nitrogen and oxygen atoms in total. The molecule has 5 heteroatoms. The van der Waals surface area contributed by atoms with Crippen LogP contribution >= 0.6 is 11.3 Å². The third-order valence-corrected chi connectivity index (χ3v) is 3.61. The molecule has 3 heterocycles. The van der Waals surface area contributed by atoms with E-state index < -0.39 is 0 Å². The Labute approximate surface area is 104 Å². The van der Waals surface area contributed by atoms with Crippen LogP contribution in [0, 0.1) is 6.92 Å². The summed E-state index contributed by atoms with van der Waals surface area (Å²) < 4.78 is 11.2. The lowest BCUT2D eigenvalue weighted by Crippen LogP contribution is -2.33. The second kappa shape index (κ2) is 4.60. The van der Waals surface area contributed by atoms with Gasteiger partial charge in [0.2, 0.25) is 0 Å². The molecule has 0 aromatic carbocycles. The van der Waals surface area contributed by atoms with Crippen LogP contribution in [0.4, 0.5) is 0 Å². The molecule has 1 atom stereocenters. The fourth-order valence-corrected chi connectivity index (χ4v) is 2.67. The van der Waals surface area contributed by atoms with Crippen LogP contribution in [0.1, 0.15) is 17.6 Å². The number of aromatic nitrogens is 1. The van der Waals surface area contributed by atoms with Gasteiger partial charge < -0.3 is 14.5 Å². The Kier molecular flexibility index (Phi) is 2.96. The summed E-state index contributed by atoms with van der Waals surface area (Å²) in [6.07, 6.45) is 0.0739. The molecule has 3 rings (SSSR count). The predicted molar refractivity (Wildman–Crippen MR) is 66.1 cm³/mol. The van der Waals surface area contributed by atoms with Crippen LogP contribution in [0.15, 0.2) is 21.9 Å². The Bertz CT molecular complexity index is 500. The number of rotatable bonds is 2. The van der Waals surface area contributed by atoms with Crippen molar-refractivity contribution in [2.75, 3.05) is 19.7 Å². The normalized spacial score (nSPS) is 20.6. The molecular formula is C12H14N2O2S. The van der Waals surface area contributed by atoms with Crippen molar-refractivity contribution in [2.24, 2.45) is 0 Å². The van der Waals surface area contributed by atoms with Crippen molar-refractivity contribution >= 4 is 11.3 Å². The predicted octanol–water partition coefficient (Wildman–Crippen LogP) is 2.37. The second-order valence-electron chi connectivity index (χ2n) is 4.05. The lowest BCUT2D eigenvalue weighted by molar-refractivity contribution is 0.0254. The average molecular weight is 250 g/mol. The van der Waals surface area contributed by atoms with E-state index in [1.54, 1.807) is 11.3 Å². The third-order valence-electron chi connectivity index (χ3n) is 2.73. The van der Waals surface area contributed by atoms with Gasteiger partial charge in [0.05, 0.1) is 12.3 Å². The summed E-state index contributed by atoms with van der Waals surface area (Å²) >= 11 is 1.60. The highest BCUT2D eigenvalue weighted by Gasteiger charge is 2.19. The number of hydrogen-bond acceptors (Lipinski definition) is 5. The fourth-order valence-electron chi connectivity index (χ4n) is 1.85. The molecule has 1 saturated heterocycles.